The van der Waals surface area contributed by atoms with Gasteiger partial charge in [-0.2, -0.15) is 0 Å². The molecule has 1 N–H and O–H groups in total. The third-order valence-corrected chi connectivity index (χ3v) is 6.31. The van der Waals surface area contributed by atoms with E-state index in [1.54, 1.807) is 6.92 Å². The fourth-order valence-electron chi connectivity index (χ4n) is 4.05. The van der Waals surface area contributed by atoms with Crippen molar-refractivity contribution in [3.63, 3.8) is 0 Å². The van der Waals surface area contributed by atoms with E-state index in [4.69, 9.17) is 0 Å². The fourth-order valence-corrected chi connectivity index (χ4v) is 4.05. The van der Waals surface area contributed by atoms with Crippen LogP contribution >= 0.6 is 0 Å². The van der Waals surface area contributed by atoms with Crippen LogP contribution in [-0.4, -0.2) is 55.4 Å². The van der Waals surface area contributed by atoms with E-state index in [1.807, 2.05) is 20.9 Å². The van der Waals surface area contributed by atoms with E-state index in [2.05, 4.69) is 56.2 Å². The highest BCUT2D eigenvalue weighted by Gasteiger charge is 2.29. The number of nitrogens with one attached hydrogen (secondary N) is 1. The summed E-state index contributed by atoms with van der Waals surface area (Å²) in [7, 11) is 6.36. The van der Waals surface area contributed by atoms with Gasteiger partial charge in [-0.3, -0.25) is 4.79 Å². The van der Waals surface area contributed by atoms with E-state index < -0.39 is 0 Å². The van der Waals surface area contributed by atoms with Gasteiger partial charge < -0.3 is 15.1 Å². The Kier molecular flexibility index (Phi) is 14.0. The van der Waals surface area contributed by atoms with Gasteiger partial charge in [0.2, 0.25) is 0 Å². The fraction of sp³-hybridized carbons (Fsp3) is 0.800. The second-order valence-electron chi connectivity index (χ2n) is 9.19. The number of ketones is 1. The lowest BCUT2D eigenvalue weighted by Gasteiger charge is -2.39. The lowest BCUT2D eigenvalue weighted by molar-refractivity contribution is -0.120. The molecule has 0 aromatic carbocycles. The van der Waals surface area contributed by atoms with Crippen LogP contribution in [0, 0.1) is 11.8 Å². The summed E-state index contributed by atoms with van der Waals surface area (Å²) in [5.74, 6) is 1.25. The molecule has 0 rings (SSSR count). The van der Waals surface area contributed by atoms with Crippen molar-refractivity contribution >= 4 is 5.78 Å². The number of rotatable bonds is 17. The zero-order valence-electron chi connectivity index (χ0n) is 20.7. The smallest absolute Gasteiger partial charge is 0.151 e. The molecule has 0 fully saturated rings. The summed E-state index contributed by atoms with van der Waals surface area (Å²) in [6.07, 6.45) is 8.60. The van der Waals surface area contributed by atoms with Gasteiger partial charge in [0, 0.05) is 36.9 Å². The average Bonchev–Trinajstić information content (AvgIpc) is 2.64. The molecule has 0 heterocycles. The Balaban J connectivity index is 4.64. The first-order valence-electron chi connectivity index (χ1n) is 11.5. The maximum Gasteiger partial charge on any atom is 0.151 e. The number of unbranched alkanes of at least 4 members (excludes halogenated alkanes) is 3. The van der Waals surface area contributed by atoms with Gasteiger partial charge in [0.25, 0.3) is 0 Å². The third-order valence-electron chi connectivity index (χ3n) is 6.31. The predicted octanol–water partition coefficient (Wildman–Crippen LogP) is 5.47. The number of nitrogens with zero attached hydrogens (tertiary/aromatic N) is 2. The Morgan fingerprint density at radius 1 is 1.00 bits per heavy atom. The molecule has 29 heavy (non-hydrogen) atoms. The minimum Gasteiger partial charge on any atom is -0.389 e. The molecule has 0 amide bonds. The van der Waals surface area contributed by atoms with Crippen molar-refractivity contribution in [3.8, 4) is 0 Å². The van der Waals surface area contributed by atoms with Gasteiger partial charge in [0.15, 0.2) is 5.78 Å². The highest BCUT2D eigenvalue weighted by Crippen LogP contribution is 2.30. The highest BCUT2D eigenvalue weighted by molar-refractivity contribution is 5.81. The van der Waals surface area contributed by atoms with Crippen molar-refractivity contribution in [3.05, 3.63) is 24.6 Å². The van der Waals surface area contributed by atoms with E-state index in [0.29, 0.717) is 17.9 Å². The zero-order chi connectivity index (χ0) is 22.6. The quantitative estimate of drug-likeness (QED) is 0.325. The van der Waals surface area contributed by atoms with Gasteiger partial charge in [0.05, 0.1) is 6.04 Å². The van der Waals surface area contributed by atoms with Crippen LogP contribution in [0.25, 0.3) is 0 Å². The maximum atomic E-state index is 11.8. The predicted molar refractivity (Wildman–Crippen MR) is 128 cm³/mol. The van der Waals surface area contributed by atoms with Gasteiger partial charge in [0.1, 0.15) is 0 Å². The normalized spacial score (nSPS) is 15.5. The Hall–Kier alpha value is -1.29. The number of carbonyl (C=O) groups is 1. The van der Waals surface area contributed by atoms with Gasteiger partial charge in [-0.05, 0) is 60.0 Å². The molecule has 0 saturated heterocycles. The Morgan fingerprint density at radius 3 is 2.07 bits per heavy atom. The third kappa shape index (κ3) is 10.9. The van der Waals surface area contributed by atoms with E-state index in [0.717, 1.165) is 24.4 Å². The summed E-state index contributed by atoms with van der Waals surface area (Å²) < 4.78 is 0. The van der Waals surface area contributed by atoms with Crippen LogP contribution in [0.1, 0.15) is 79.6 Å². The number of hydrogen-bond donors (Lipinski definition) is 1. The molecule has 0 aliphatic rings. The minimum absolute atomic E-state index is 0.115. The standard InChI is InChI=1S/C25H49N3O/c1-11-24(22(6)28(10)21(5)23(7)29)25(27(8)9)18-20(4)16-14-12-13-15-17-26-19(2)3/h20-21,24-26H,2,6,11-18H2,1,3-5,7-10H3/t20?,21-,24+,25?/m1/s1. The van der Waals surface area contributed by atoms with Gasteiger partial charge >= 0.3 is 0 Å². The summed E-state index contributed by atoms with van der Waals surface area (Å²) in [6.45, 7) is 19.6. The van der Waals surface area contributed by atoms with Crippen LogP contribution in [0.3, 0.4) is 0 Å². The van der Waals surface area contributed by atoms with Crippen LogP contribution in [0.4, 0.5) is 0 Å². The molecule has 0 aromatic heterocycles. The number of likely N-dealkylation sites (N-methyl/N-ethyl adjacent to an activating group) is 1. The summed E-state index contributed by atoms with van der Waals surface area (Å²) in [4.78, 5) is 16.3. The zero-order valence-corrected chi connectivity index (χ0v) is 20.7. The topological polar surface area (TPSA) is 35.6 Å². The Bertz CT molecular complexity index is 500. The lowest BCUT2D eigenvalue weighted by atomic mass is 9.84. The Labute approximate surface area is 181 Å². The van der Waals surface area contributed by atoms with Crippen LogP contribution in [0.15, 0.2) is 24.6 Å². The van der Waals surface area contributed by atoms with Crippen LogP contribution in [-0.2, 0) is 4.79 Å². The molecule has 4 heteroatoms. The molecule has 0 saturated carbocycles. The molecule has 0 radical (unpaired) electrons. The Morgan fingerprint density at radius 2 is 1.59 bits per heavy atom. The minimum atomic E-state index is -0.115. The van der Waals surface area contributed by atoms with E-state index >= 15 is 0 Å². The van der Waals surface area contributed by atoms with Gasteiger partial charge in [-0.15, -0.1) is 0 Å². The molecule has 0 bridgehead atoms. The second kappa shape index (κ2) is 14.7. The van der Waals surface area contributed by atoms with Crippen LogP contribution < -0.4 is 5.32 Å². The van der Waals surface area contributed by atoms with E-state index in [9.17, 15) is 4.79 Å². The second-order valence-corrected chi connectivity index (χ2v) is 9.19. The van der Waals surface area contributed by atoms with Gasteiger partial charge in [-0.25, -0.2) is 0 Å². The molecular weight excluding hydrogens is 358 g/mol. The molecular formula is C25H49N3O. The number of hydrogen-bond acceptors (Lipinski definition) is 4. The monoisotopic (exact) mass is 407 g/mol. The summed E-state index contributed by atoms with van der Waals surface area (Å²) in [6, 6.07) is 0.333. The van der Waals surface area contributed by atoms with Crippen molar-refractivity contribution in [1.29, 1.82) is 0 Å². The molecule has 2 unspecified atom stereocenters. The van der Waals surface area contributed by atoms with E-state index in [1.165, 1.54) is 38.5 Å². The SMILES string of the molecule is C=C(C)NCCCCCCC(C)CC([C@@H](CC)C(=C)N(C)[C@H](C)C(C)=O)N(C)C. The molecule has 4 nitrogen and oxygen atoms in total. The van der Waals surface area contributed by atoms with Crippen molar-refractivity contribution in [2.45, 2.75) is 91.6 Å². The first-order chi connectivity index (χ1) is 13.5. The van der Waals surface area contributed by atoms with Crippen LogP contribution in [0.2, 0.25) is 0 Å². The van der Waals surface area contributed by atoms with Crippen molar-refractivity contribution in [1.82, 2.24) is 15.1 Å². The largest absolute Gasteiger partial charge is 0.389 e. The summed E-state index contributed by atoms with van der Waals surface area (Å²) in [5.41, 5.74) is 2.15. The summed E-state index contributed by atoms with van der Waals surface area (Å²) >= 11 is 0. The van der Waals surface area contributed by atoms with Crippen molar-refractivity contribution in [2.75, 3.05) is 27.7 Å². The number of carbonyl (C=O) groups excluding carboxylic acids is 1. The lowest BCUT2D eigenvalue weighted by Crippen LogP contribution is -2.43. The van der Waals surface area contributed by atoms with Crippen molar-refractivity contribution < 1.29 is 4.79 Å². The van der Waals surface area contributed by atoms with Crippen molar-refractivity contribution in [2.24, 2.45) is 11.8 Å². The molecule has 0 aliphatic heterocycles. The van der Waals surface area contributed by atoms with E-state index in [-0.39, 0.29) is 11.8 Å². The highest BCUT2D eigenvalue weighted by atomic mass is 16.1. The summed E-state index contributed by atoms with van der Waals surface area (Å²) in [5, 5.41) is 3.30. The first-order valence-corrected chi connectivity index (χ1v) is 11.5. The molecule has 0 spiro atoms. The molecule has 0 aliphatic carbocycles. The first kappa shape index (κ1) is 27.7. The number of allylic oxidation sites excluding steroid dienone is 1. The number of Topliss-reactive ketones (excluding diaryl/α,β-unsaturated/α-hetero) is 1. The molecule has 170 valence electrons. The maximum absolute atomic E-state index is 11.8. The van der Waals surface area contributed by atoms with Crippen LogP contribution in [0.5, 0.6) is 0 Å². The molecule has 4 atom stereocenters. The average molecular weight is 408 g/mol. The van der Waals surface area contributed by atoms with Gasteiger partial charge in [-0.1, -0.05) is 52.7 Å². The molecule has 0 aromatic rings.